The minimum atomic E-state index is -0.174. The van der Waals surface area contributed by atoms with E-state index in [1.54, 1.807) is 0 Å². The molecule has 2 unspecified atom stereocenters. The molecular formula is C15H28N2O. The molecule has 3 nitrogen and oxygen atoms in total. The first kappa shape index (κ1) is 13.9. The molecular weight excluding hydrogens is 224 g/mol. The fourth-order valence-electron chi connectivity index (χ4n) is 3.59. The summed E-state index contributed by atoms with van der Waals surface area (Å²) < 4.78 is 0. The van der Waals surface area contributed by atoms with Crippen LogP contribution in [0.15, 0.2) is 0 Å². The molecule has 2 fully saturated rings. The second-order valence-electron chi connectivity index (χ2n) is 6.54. The van der Waals surface area contributed by atoms with Crippen molar-refractivity contribution in [3.63, 3.8) is 0 Å². The first-order valence-electron chi connectivity index (χ1n) is 7.58. The van der Waals surface area contributed by atoms with Crippen LogP contribution < -0.4 is 10.6 Å². The van der Waals surface area contributed by atoms with Gasteiger partial charge in [0.05, 0.1) is 5.41 Å². The van der Waals surface area contributed by atoms with Gasteiger partial charge in [-0.3, -0.25) is 4.79 Å². The lowest BCUT2D eigenvalue weighted by atomic mass is 9.75. The number of nitrogens with one attached hydrogen (secondary N) is 2. The molecule has 18 heavy (non-hydrogen) atoms. The molecule has 0 bridgehead atoms. The highest BCUT2D eigenvalue weighted by Crippen LogP contribution is 2.35. The fourth-order valence-corrected chi connectivity index (χ4v) is 3.59. The molecule has 1 saturated heterocycles. The van der Waals surface area contributed by atoms with Gasteiger partial charge in [0.25, 0.3) is 0 Å². The maximum atomic E-state index is 12.6. The van der Waals surface area contributed by atoms with Gasteiger partial charge in [0.1, 0.15) is 0 Å². The van der Waals surface area contributed by atoms with Crippen molar-refractivity contribution >= 4 is 5.91 Å². The van der Waals surface area contributed by atoms with Crippen molar-refractivity contribution in [2.45, 2.75) is 58.9 Å². The third-order valence-electron chi connectivity index (χ3n) is 5.21. The molecule has 0 aromatic rings. The quantitative estimate of drug-likeness (QED) is 0.806. The number of carbonyl (C=O) groups excluding carboxylic acids is 1. The zero-order valence-electron chi connectivity index (χ0n) is 12.1. The fraction of sp³-hybridized carbons (Fsp3) is 0.933. The van der Waals surface area contributed by atoms with Gasteiger partial charge in [0.15, 0.2) is 0 Å². The van der Waals surface area contributed by atoms with Crippen LogP contribution in [-0.4, -0.2) is 25.0 Å². The smallest absolute Gasteiger partial charge is 0.228 e. The molecule has 1 saturated carbocycles. The van der Waals surface area contributed by atoms with E-state index in [9.17, 15) is 4.79 Å². The molecule has 0 radical (unpaired) electrons. The summed E-state index contributed by atoms with van der Waals surface area (Å²) in [7, 11) is 0. The normalized spacial score (nSPS) is 30.9. The number of carbonyl (C=O) groups is 1. The monoisotopic (exact) mass is 252 g/mol. The van der Waals surface area contributed by atoms with E-state index in [1.165, 1.54) is 25.7 Å². The van der Waals surface area contributed by atoms with Gasteiger partial charge < -0.3 is 10.6 Å². The molecule has 2 aliphatic rings. The van der Waals surface area contributed by atoms with Crippen LogP contribution in [0.3, 0.4) is 0 Å². The molecule has 0 aromatic heterocycles. The van der Waals surface area contributed by atoms with Crippen LogP contribution in [0, 0.1) is 17.3 Å². The zero-order valence-corrected chi connectivity index (χ0v) is 12.1. The van der Waals surface area contributed by atoms with Crippen molar-refractivity contribution in [2.24, 2.45) is 17.3 Å². The van der Waals surface area contributed by atoms with Crippen molar-refractivity contribution in [3.05, 3.63) is 0 Å². The Kier molecular flexibility index (Phi) is 4.31. The third-order valence-corrected chi connectivity index (χ3v) is 5.21. The van der Waals surface area contributed by atoms with Gasteiger partial charge in [-0.25, -0.2) is 0 Å². The van der Waals surface area contributed by atoms with Crippen LogP contribution in [0.2, 0.25) is 0 Å². The zero-order chi connectivity index (χ0) is 13.2. The van der Waals surface area contributed by atoms with Crippen LogP contribution >= 0.6 is 0 Å². The van der Waals surface area contributed by atoms with Crippen LogP contribution in [0.1, 0.15) is 52.9 Å². The number of amides is 1. The molecule has 2 N–H and O–H groups in total. The van der Waals surface area contributed by atoms with Gasteiger partial charge in [-0.1, -0.05) is 26.7 Å². The van der Waals surface area contributed by atoms with Gasteiger partial charge in [0.2, 0.25) is 5.91 Å². The summed E-state index contributed by atoms with van der Waals surface area (Å²) in [6.45, 7) is 8.35. The highest BCUT2D eigenvalue weighted by Gasteiger charge is 2.44. The summed E-state index contributed by atoms with van der Waals surface area (Å²) in [5, 5.41) is 6.66. The van der Waals surface area contributed by atoms with Crippen LogP contribution in [-0.2, 0) is 4.79 Å². The predicted octanol–water partition coefficient (Wildman–Crippen LogP) is 2.32. The number of hydrogen-bond donors (Lipinski definition) is 2. The largest absolute Gasteiger partial charge is 0.353 e. The lowest BCUT2D eigenvalue weighted by Gasteiger charge is -2.33. The summed E-state index contributed by atoms with van der Waals surface area (Å²) in [5.74, 6) is 1.39. The van der Waals surface area contributed by atoms with E-state index in [1.807, 2.05) is 0 Å². The first-order valence-corrected chi connectivity index (χ1v) is 7.58. The Hall–Kier alpha value is -0.570. The second kappa shape index (κ2) is 5.60. The molecule has 3 heteroatoms. The molecule has 1 amide bonds. The Morgan fingerprint density at radius 3 is 2.44 bits per heavy atom. The molecule has 0 aromatic carbocycles. The first-order chi connectivity index (χ1) is 8.56. The van der Waals surface area contributed by atoms with Crippen molar-refractivity contribution in [1.29, 1.82) is 0 Å². The van der Waals surface area contributed by atoms with E-state index in [2.05, 4.69) is 31.4 Å². The van der Waals surface area contributed by atoms with E-state index in [0.29, 0.717) is 17.9 Å². The minimum absolute atomic E-state index is 0.174. The third kappa shape index (κ3) is 2.56. The van der Waals surface area contributed by atoms with Crippen molar-refractivity contribution < 1.29 is 4.79 Å². The Morgan fingerprint density at radius 1 is 1.28 bits per heavy atom. The average Bonchev–Trinajstić information content (AvgIpc) is 3.01. The topological polar surface area (TPSA) is 41.1 Å². The lowest BCUT2D eigenvalue weighted by Crippen LogP contribution is -2.50. The molecule has 0 spiro atoms. The van der Waals surface area contributed by atoms with Crippen molar-refractivity contribution in [1.82, 2.24) is 10.6 Å². The summed E-state index contributed by atoms with van der Waals surface area (Å²) >= 11 is 0. The molecule has 2 rings (SSSR count). The molecule has 1 aliphatic heterocycles. The van der Waals surface area contributed by atoms with Crippen LogP contribution in [0.25, 0.3) is 0 Å². The molecule has 104 valence electrons. The maximum Gasteiger partial charge on any atom is 0.228 e. The van der Waals surface area contributed by atoms with E-state index < -0.39 is 0 Å². The summed E-state index contributed by atoms with van der Waals surface area (Å²) in [6.07, 6.45) is 6.22. The van der Waals surface area contributed by atoms with Crippen molar-refractivity contribution in [2.75, 3.05) is 13.1 Å². The molecule has 1 aliphatic carbocycles. The Morgan fingerprint density at radius 2 is 1.94 bits per heavy atom. The predicted molar refractivity (Wildman–Crippen MR) is 74.3 cm³/mol. The summed E-state index contributed by atoms with van der Waals surface area (Å²) in [6, 6.07) is 0.344. The second-order valence-corrected chi connectivity index (χ2v) is 6.54. The summed E-state index contributed by atoms with van der Waals surface area (Å²) in [4.78, 5) is 12.6. The van der Waals surface area contributed by atoms with Crippen molar-refractivity contribution in [3.8, 4) is 0 Å². The number of hydrogen-bond acceptors (Lipinski definition) is 2. The van der Waals surface area contributed by atoms with Gasteiger partial charge in [-0.05, 0) is 44.6 Å². The summed E-state index contributed by atoms with van der Waals surface area (Å²) in [5.41, 5.74) is -0.174. The van der Waals surface area contributed by atoms with Gasteiger partial charge in [0, 0.05) is 12.6 Å². The average molecular weight is 252 g/mol. The van der Waals surface area contributed by atoms with E-state index in [-0.39, 0.29) is 11.3 Å². The minimum Gasteiger partial charge on any atom is -0.353 e. The number of rotatable bonds is 4. The van der Waals surface area contributed by atoms with E-state index in [0.717, 1.165) is 19.5 Å². The Labute approximate surface area is 111 Å². The van der Waals surface area contributed by atoms with Gasteiger partial charge >= 0.3 is 0 Å². The highest BCUT2D eigenvalue weighted by atomic mass is 16.2. The SMILES string of the molecule is CC(NC(=O)C1(C(C)C)CCNC1)C1CCCC1. The maximum absolute atomic E-state index is 12.6. The van der Waals surface area contributed by atoms with E-state index in [4.69, 9.17) is 0 Å². The Bertz CT molecular complexity index is 289. The van der Waals surface area contributed by atoms with Crippen LogP contribution in [0.4, 0.5) is 0 Å². The van der Waals surface area contributed by atoms with E-state index >= 15 is 0 Å². The highest BCUT2D eigenvalue weighted by molar-refractivity contribution is 5.83. The standard InChI is InChI=1S/C15H28N2O/c1-11(2)15(8-9-16-10-15)14(18)17-12(3)13-6-4-5-7-13/h11-13,16H,4-10H2,1-3H3,(H,17,18). The lowest BCUT2D eigenvalue weighted by molar-refractivity contribution is -0.133. The van der Waals surface area contributed by atoms with Gasteiger partial charge in [-0.2, -0.15) is 0 Å². The van der Waals surface area contributed by atoms with Gasteiger partial charge in [-0.15, -0.1) is 0 Å². The Balaban J connectivity index is 1.97. The van der Waals surface area contributed by atoms with Crippen LogP contribution in [0.5, 0.6) is 0 Å². The molecule has 2 atom stereocenters. The molecule has 1 heterocycles.